The lowest BCUT2D eigenvalue weighted by Gasteiger charge is -2.07. The number of halogens is 2. The number of benzene rings is 1. The Morgan fingerprint density at radius 3 is 2.40 bits per heavy atom. The number of hydrogen-bond donors (Lipinski definition) is 1. The van der Waals surface area contributed by atoms with E-state index in [9.17, 15) is 9.18 Å². The van der Waals surface area contributed by atoms with Crippen molar-refractivity contribution in [1.82, 2.24) is 5.32 Å². The highest BCUT2D eigenvalue weighted by atomic mass is 127. The Morgan fingerprint density at radius 2 is 1.93 bits per heavy atom. The lowest BCUT2D eigenvalue weighted by Crippen LogP contribution is -2.25. The molecule has 0 atom stereocenters. The van der Waals surface area contributed by atoms with E-state index in [1.54, 1.807) is 26.0 Å². The first-order valence-corrected chi connectivity index (χ1v) is 6.19. The van der Waals surface area contributed by atoms with Crippen molar-refractivity contribution in [2.75, 3.05) is 11.0 Å². The van der Waals surface area contributed by atoms with E-state index in [4.69, 9.17) is 0 Å². The number of carbonyl (C=O) groups is 1. The number of rotatable bonds is 3. The molecule has 1 aromatic carbocycles. The highest BCUT2D eigenvalue weighted by molar-refractivity contribution is 14.1. The molecule has 1 rings (SSSR count). The van der Waals surface area contributed by atoms with Crippen molar-refractivity contribution in [3.63, 3.8) is 0 Å². The van der Waals surface area contributed by atoms with E-state index >= 15 is 0 Å². The predicted octanol–water partition coefficient (Wildman–Crippen LogP) is 2.61. The second kappa shape index (κ2) is 5.44. The van der Waals surface area contributed by atoms with Crippen molar-refractivity contribution < 1.29 is 9.18 Å². The molecular formula is C11H13FINO. The normalized spacial score (nSPS) is 10.1. The minimum Gasteiger partial charge on any atom is -0.351 e. The number of alkyl halides is 1. The van der Waals surface area contributed by atoms with Gasteiger partial charge < -0.3 is 5.32 Å². The number of aryl methyl sites for hydroxylation is 2. The molecule has 0 fully saturated rings. The van der Waals surface area contributed by atoms with Crippen LogP contribution in [0.4, 0.5) is 4.39 Å². The van der Waals surface area contributed by atoms with Crippen LogP contribution >= 0.6 is 22.6 Å². The molecule has 0 aliphatic carbocycles. The molecule has 2 nitrogen and oxygen atoms in total. The average molecular weight is 321 g/mol. The summed E-state index contributed by atoms with van der Waals surface area (Å²) in [6.45, 7) is 3.96. The lowest BCUT2D eigenvalue weighted by molar-refractivity contribution is 0.0956. The maximum Gasteiger partial charge on any atom is 0.251 e. The summed E-state index contributed by atoms with van der Waals surface area (Å²) >= 11 is 2.18. The molecule has 0 saturated heterocycles. The van der Waals surface area contributed by atoms with E-state index in [0.29, 0.717) is 23.2 Å². The zero-order valence-corrected chi connectivity index (χ0v) is 10.9. The van der Waals surface area contributed by atoms with Crippen LogP contribution in [0.1, 0.15) is 21.5 Å². The van der Waals surface area contributed by atoms with Crippen LogP contribution in [-0.4, -0.2) is 16.9 Å². The monoisotopic (exact) mass is 321 g/mol. The first-order valence-electron chi connectivity index (χ1n) is 4.67. The van der Waals surface area contributed by atoms with E-state index in [1.807, 2.05) is 0 Å². The third kappa shape index (κ3) is 3.15. The van der Waals surface area contributed by atoms with Crippen LogP contribution in [0.2, 0.25) is 0 Å². The molecule has 1 amide bonds. The zero-order chi connectivity index (χ0) is 11.4. The molecule has 0 bridgehead atoms. The molecule has 0 aliphatic rings. The molecule has 1 N–H and O–H groups in total. The molecule has 0 spiro atoms. The van der Waals surface area contributed by atoms with Gasteiger partial charge in [0.15, 0.2) is 0 Å². The second-order valence-electron chi connectivity index (χ2n) is 3.37. The van der Waals surface area contributed by atoms with Crippen LogP contribution in [0.5, 0.6) is 0 Å². The standard InChI is InChI=1S/C11H13FINO/c1-7-5-9(6-8(2)10(7)12)11(15)14-4-3-13/h5-6H,3-4H2,1-2H3,(H,14,15). The molecule has 0 heterocycles. The summed E-state index contributed by atoms with van der Waals surface area (Å²) in [6.07, 6.45) is 0. The highest BCUT2D eigenvalue weighted by Crippen LogP contribution is 2.14. The van der Waals surface area contributed by atoms with Crippen LogP contribution in [0.25, 0.3) is 0 Å². The van der Waals surface area contributed by atoms with Crippen LogP contribution in [0, 0.1) is 19.7 Å². The van der Waals surface area contributed by atoms with Crippen molar-refractivity contribution in [1.29, 1.82) is 0 Å². The summed E-state index contributed by atoms with van der Waals surface area (Å²) in [6, 6.07) is 3.15. The average Bonchev–Trinajstić information content (AvgIpc) is 2.21. The summed E-state index contributed by atoms with van der Waals surface area (Å²) in [5, 5.41) is 2.75. The van der Waals surface area contributed by atoms with Gasteiger partial charge in [-0.15, -0.1) is 0 Å². The SMILES string of the molecule is Cc1cc(C(=O)NCCI)cc(C)c1F. The van der Waals surface area contributed by atoms with Gasteiger partial charge in [-0.3, -0.25) is 4.79 Å². The summed E-state index contributed by atoms with van der Waals surface area (Å²) in [4.78, 5) is 11.6. The van der Waals surface area contributed by atoms with E-state index in [1.165, 1.54) is 0 Å². The number of hydrogen-bond acceptors (Lipinski definition) is 1. The van der Waals surface area contributed by atoms with Crippen LogP contribution in [-0.2, 0) is 0 Å². The fourth-order valence-electron chi connectivity index (χ4n) is 1.34. The molecule has 4 heteroatoms. The van der Waals surface area contributed by atoms with Crippen molar-refractivity contribution in [2.45, 2.75) is 13.8 Å². The van der Waals surface area contributed by atoms with E-state index in [0.717, 1.165) is 4.43 Å². The van der Waals surface area contributed by atoms with Gasteiger partial charge in [0, 0.05) is 16.5 Å². The van der Waals surface area contributed by atoms with E-state index < -0.39 is 0 Å². The maximum atomic E-state index is 13.3. The largest absolute Gasteiger partial charge is 0.351 e. The second-order valence-corrected chi connectivity index (χ2v) is 4.45. The molecular weight excluding hydrogens is 308 g/mol. The van der Waals surface area contributed by atoms with Crippen molar-refractivity contribution in [3.05, 3.63) is 34.6 Å². The molecule has 15 heavy (non-hydrogen) atoms. The van der Waals surface area contributed by atoms with Gasteiger partial charge in [-0.1, -0.05) is 22.6 Å². The highest BCUT2D eigenvalue weighted by Gasteiger charge is 2.09. The molecule has 0 aromatic heterocycles. The fourth-order valence-corrected chi connectivity index (χ4v) is 1.61. The first kappa shape index (κ1) is 12.4. The zero-order valence-electron chi connectivity index (χ0n) is 8.73. The number of amides is 1. The van der Waals surface area contributed by atoms with Crippen molar-refractivity contribution >= 4 is 28.5 Å². The Bertz CT molecular complexity index is 356. The Morgan fingerprint density at radius 1 is 1.40 bits per heavy atom. The van der Waals surface area contributed by atoms with Gasteiger partial charge in [0.05, 0.1) is 0 Å². The van der Waals surface area contributed by atoms with Crippen LogP contribution < -0.4 is 5.32 Å². The number of nitrogens with one attached hydrogen (secondary N) is 1. The fraction of sp³-hybridized carbons (Fsp3) is 0.364. The topological polar surface area (TPSA) is 29.1 Å². The van der Waals surface area contributed by atoms with Gasteiger partial charge in [0.2, 0.25) is 0 Å². The maximum absolute atomic E-state index is 13.3. The summed E-state index contributed by atoms with van der Waals surface area (Å²) in [5.41, 5.74) is 1.54. The third-order valence-corrected chi connectivity index (χ3v) is 2.62. The van der Waals surface area contributed by atoms with Crippen LogP contribution in [0.15, 0.2) is 12.1 Å². The van der Waals surface area contributed by atoms with Crippen molar-refractivity contribution in [2.24, 2.45) is 0 Å². The predicted molar refractivity (Wildman–Crippen MR) is 67.1 cm³/mol. The summed E-state index contributed by atoms with van der Waals surface area (Å²) < 4.78 is 14.2. The molecule has 0 unspecified atom stereocenters. The van der Waals surface area contributed by atoms with Gasteiger partial charge in [0.1, 0.15) is 5.82 Å². The minimum absolute atomic E-state index is 0.141. The first-order chi connectivity index (χ1) is 7.06. The van der Waals surface area contributed by atoms with E-state index in [-0.39, 0.29) is 11.7 Å². The molecule has 82 valence electrons. The molecule has 0 radical (unpaired) electrons. The van der Waals surface area contributed by atoms with Gasteiger partial charge in [0.25, 0.3) is 5.91 Å². The Balaban J connectivity index is 2.91. The quantitative estimate of drug-likeness (QED) is 0.673. The smallest absolute Gasteiger partial charge is 0.251 e. The molecule has 0 saturated carbocycles. The van der Waals surface area contributed by atoms with Gasteiger partial charge in [-0.2, -0.15) is 0 Å². The lowest BCUT2D eigenvalue weighted by atomic mass is 10.1. The van der Waals surface area contributed by atoms with Crippen LogP contribution in [0.3, 0.4) is 0 Å². The van der Waals surface area contributed by atoms with Crippen molar-refractivity contribution in [3.8, 4) is 0 Å². The third-order valence-electron chi connectivity index (χ3n) is 2.08. The molecule has 1 aromatic rings. The number of carbonyl (C=O) groups excluding carboxylic acids is 1. The Hall–Kier alpha value is -0.650. The Kier molecular flexibility index (Phi) is 4.50. The van der Waals surface area contributed by atoms with Gasteiger partial charge in [-0.05, 0) is 37.1 Å². The van der Waals surface area contributed by atoms with Gasteiger partial charge >= 0.3 is 0 Å². The van der Waals surface area contributed by atoms with E-state index in [2.05, 4.69) is 27.9 Å². The summed E-state index contributed by atoms with van der Waals surface area (Å²) in [5.74, 6) is -0.377. The van der Waals surface area contributed by atoms with Gasteiger partial charge in [-0.25, -0.2) is 4.39 Å². The molecule has 0 aliphatic heterocycles. The minimum atomic E-state index is -0.236. The Labute approximate surface area is 102 Å². The summed E-state index contributed by atoms with van der Waals surface area (Å²) in [7, 11) is 0.